The number of aromatic nitrogens is 1. The van der Waals surface area contributed by atoms with Crippen LogP contribution >= 0.6 is 0 Å². The number of hydrogen-bond acceptors (Lipinski definition) is 4. The quantitative estimate of drug-likeness (QED) is 0.853. The van der Waals surface area contributed by atoms with Crippen LogP contribution in [0.5, 0.6) is 5.75 Å². The van der Waals surface area contributed by atoms with E-state index in [0.717, 1.165) is 17.9 Å². The van der Waals surface area contributed by atoms with E-state index in [1.165, 1.54) is 18.2 Å². The van der Waals surface area contributed by atoms with Gasteiger partial charge in [0.1, 0.15) is 17.3 Å². The number of carbonyl (C=O) groups excluding carboxylic acids is 1. The molecule has 1 heterocycles. The summed E-state index contributed by atoms with van der Waals surface area (Å²) in [4.78, 5) is 16.1. The molecule has 0 fully saturated rings. The average Bonchev–Trinajstić information content (AvgIpc) is 2.84. The molecule has 0 aliphatic heterocycles. The third-order valence-corrected chi connectivity index (χ3v) is 3.13. The van der Waals surface area contributed by atoms with Gasteiger partial charge in [0.05, 0.1) is 24.5 Å². The van der Waals surface area contributed by atoms with Crippen molar-refractivity contribution in [1.82, 2.24) is 10.3 Å². The SMILES string of the molecule is CCCOc1cc(F)ccc1NC(=O)NCc1nc(C)c(C)o1. The zero-order chi connectivity index (χ0) is 16.8. The van der Waals surface area contributed by atoms with Gasteiger partial charge in [-0.25, -0.2) is 14.2 Å². The highest BCUT2D eigenvalue weighted by atomic mass is 19.1. The maximum Gasteiger partial charge on any atom is 0.319 e. The fourth-order valence-electron chi connectivity index (χ4n) is 1.87. The molecule has 0 aliphatic carbocycles. The Labute approximate surface area is 134 Å². The van der Waals surface area contributed by atoms with E-state index in [1.54, 1.807) is 0 Å². The summed E-state index contributed by atoms with van der Waals surface area (Å²) in [6, 6.07) is 3.51. The minimum Gasteiger partial charge on any atom is -0.491 e. The lowest BCUT2D eigenvalue weighted by atomic mass is 10.3. The molecular formula is C16H20FN3O3. The molecule has 6 nitrogen and oxygen atoms in total. The summed E-state index contributed by atoms with van der Waals surface area (Å²) in [6.07, 6.45) is 0.783. The van der Waals surface area contributed by atoms with Crippen molar-refractivity contribution in [1.29, 1.82) is 0 Å². The van der Waals surface area contributed by atoms with E-state index in [1.807, 2.05) is 20.8 Å². The molecule has 124 valence electrons. The second-order valence-corrected chi connectivity index (χ2v) is 5.05. The molecule has 2 aromatic rings. The summed E-state index contributed by atoms with van der Waals surface area (Å²) in [5, 5.41) is 5.26. The van der Waals surface area contributed by atoms with Gasteiger partial charge in [-0.3, -0.25) is 0 Å². The topological polar surface area (TPSA) is 76.4 Å². The summed E-state index contributed by atoms with van der Waals surface area (Å²) in [5.74, 6) is 1.02. The van der Waals surface area contributed by atoms with Crippen LogP contribution in [0, 0.1) is 19.7 Å². The number of urea groups is 1. The first-order valence-corrected chi connectivity index (χ1v) is 7.39. The maximum atomic E-state index is 13.3. The van der Waals surface area contributed by atoms with Crippen LogP contribution in [0.15, 0.2) is 22.6 Å². The zero-order valence-corrected chi connectivity index (χ0v) is 13.4. The van der Waals surface area contributed by atoms with Gasteiger partial charge in [-0.1, -0.05) is 6.92 Å². The number of halogens is 1. The Hall–Kier alpha value is -2.57. The van der Waals surface area contributed by atoms with Gasteiger partial charge < -0.3 is 19.8 Å². The van der Waals surface area contributed by atoms with Gasteiger partial charge >= 0.3 is 6.03 Å². The average molecular weight is 321 g/mol. The maximum absolute atomic E-state index is 13.3. The molecule has 23 heavy (non-hydrogen) atoms. The Kier molecular flexibility index (Phi) is 5.56. The van der Waals surface area contributed by atoms with Gasteiger partial charge in [0, 0.05) is 6.07 Å². The van der Waals surface area contributed by atoms with Crippen molar-refractivity contribution in [3.63, 3.8) is 0 Å². The van der Waals surface area contributed by atoms with Crippen molar-refractivity contribution in [3.8, 4) is 5.75 Å². The first-order valence-electron chi connectivity index (χ1n) is 7.39. The number of nitrogens with one attached hydrogen (secondary N) is 2. The van der Waals surface area contributed by atoms with Crippen molar-refractivity contribution < 1.29 is 18.3 Å². The number of aryl methyl sites for hydroxylation is 2. The van der Waals surface area contributed by atoms with E-state index >= 15 is 0 Å². The number of benzene rings is 1. The number of ether oxygens (including phenoxy) is 1. The van der Waals surface area contributed by atoms with Crippen molar-refractivity contribution in [3.05, 3.63) is 41.4 Å². The Balaban J connectivity index is 1.96. The lowest BCUT2D eigenvalue weighted by Gasteiger charge is -2.12. The summed E-state index contributed by atoms with van der Waals surface area (Å²) >= 11 is 0. The monoisotopic (exact) mass is 321 g/mol. The van der Waals surface area contributed by atoms with Crippen LogP contribution in [-0.2, 0) is 6.54 Å². The highest BCUT2D eigenvalue weighted by Crippen LogP contribution is 2.25. The molecule has 0 saturated carbocycles. The van der Waals surface area contributed by atoms with Crippen LogP contribution in [0.2, 0.25) is 0 Å². The van der Waals surface area contributed by atoms with Gasteiger partial charge in [0.2, 0.25) is 5.89 Å². The normalized spacial score (nSPS) is 10.4. The molecule has 0 unspecified atom stereocenters. The Morgan fingerprint density at radius 3 is 2.83 bits per heavy atom. The van der Waals surface area contributed by atoms with Gasteiger partial charge in [0.25, 0.3) is 0 Å². The number of rotatable bonds is 6. The fourth-order valence-corrected chi connectivity index (χ4v) is 1.87. The van der Waals surface area contributed by atoms with Crippen LogP contribution in [0.4, 0.5) is 14.9 Å². The van der Waals surface area contributed by atoms with E-state index in [9.17, 15) is 9.18 Å². The second-order valence-electron chi connectivity index (χ2n) is 5.05. The molecular weight excluding hydrogens is 301 g/mol. The summed E-state index contributed by atoms with van der Waals surface area (Å²) in [7, 11) is 0. The molecule has 1 aromatic carbocycles. The first kappa shape index (κ1) is 16.8. The highest BCUT2D eigenvalue weighted by molar-refractivity contribution is 5.90. The molecule has 7 heteroatoms. The lowest BCUT2D eigenvalue weighted by molar-refractivity contribution is 0.250. The van der Waals surface area contributed by atoms with Gasteiger partial charge in [-0.15, -0.1) is 0 Å². The third kappa shape index (κ3) is 4.70. The predicted molar refractivity (Wildman–Crippen MR) is 84.0 cm³/mol. The Morgan fingerprint density at radius 2 is 2.17 bits per heavy atom. The van der Waals surface area contributed by atoms with E-state index in [2.05, 4.69) is 15.6 Å². The number of anilines is 1. The molecule has 2 rings (SSSR count). The standard InChI is InChI=1S/C16H20FN3O3/c1-4-7-22-14-8-12(17)5-6-13(14)20-16(21)18-9-15-19-10(2)11(3)23-15/h5-6,8H,4,7,9H2,1-3H3,(H2,18,20,21). The Morgan fingerprint density at radius 1 is 1.39 bits per heavy atom. The third-order valence-electron chi connectivity index (χ3n) is 3.13. The number of nitrogens with zero attached hydrogens (tertiary/aromatic N) is 1. The molecule has 0 radical (unpaired) electrons. The van der Waals surface area contributed by atoms with Gasteiger partial charge in [-0.05, 0) is 32.4 Å². The Bertz CT molecular complexity index is 666. The minimum absolute atomic E-state index is 0.160. The van der Waals surface area contributed by atoms with E-state index < -0.39 is 11.8 Å². The van der Waals surface area contributed by atoms with Crippen LogP contribution in [0.1, 0.15) is 30.7 Å². The van der Waals surface area contributed by atoms with Crippen LogP contribution in [0.25, 0.3) is 0 Å². The number of carbonyl (C=O) groups is 1. The second kappa shape index (κ2) is 7.62. The first-order chi connectivity index (χ1) is 11.0. The van der Waals surface area contributed by atoms with E-state index in [-0.39, 0.29) is 6.54 Å². The van der Waals surface area contributed by atoms with Crippen LogP contribution in [-0.4, -0.2) is 17.6 Å². The number of oxazole rings is 1. The molecule has 0 saturated heterocycles. The van der Waals surface area contributed by atoms with Crippen molar-refractivity contribution >= 4 is 11.7 Å². The van der Waals surface area contributed by atoms with Crippen LogP contribution in [0.3, 0.4) is 0 Å². The van der Waals surface area contributed by atoms with E-state index in [0.29, 0.717) is 23.9 Å². The minimum atomic E-state index is -0.452. The molecule has 0 atom stereocenters. The largest absolute Gasteiger partial charge is 0.491 e. The smallest absolute Gasteiger partial charge is 0.319 e. The van der Waals surface area contributed by atoms with Crippen LogP contribution < -0.4 is 15.4 Å². The molecule has 2 N–H and O–H groups in total. The fraction of sp³-hybridized carbons (Fsp3) is 0.375. The van der Waals surface area contributed by atoms with Crippen molar-refractivity contribution in [2.24, 2.45) is 0 Å². The molecule has 0 bridgehead atoms. The lowest BCUT2D eigenvalue weighted by Crippen LogP contribution is -2.28. The number of hydrogen-bond donors (Lipinski definition) is 2. The van der Waals surface area contributed by atoms with Gasteiger partial charge in [-0.2, -0.15) is 0 Å². The molecule has 0 aliphatic rings. The van der Waals surface area contributed by atoms with Crippen molar-refractivity contribution in [2.45, 2.75) is 33.7 Å². The zero-order valence-electron chi connectivity index (χ0n) is 13.4. The summed E-state index contributed by atoms with van der Waals surface area (Å²) < 4.78 is 24.1. The van der Waals surface area contributed by atoms with E-state index in [4.69, 9.17) is 9.15 Å². The highest BCUT2D eigenvalue weighted by Gasteiger charge is 2.11. The molecule has 2 amide bonds. The van der Waals surface area contributed by atoms with Gasteiger partial charge in [0.15, 0.2) is 0 Å². The summed E-state index contributed by atoms with van der Waals surface area (Å²) in [6.45, 7) is 6.18. The van der Waals surface area contributed by atoms with Crippen molar-refractivity contribution in [2.75, 3.05) is 11.9 Å². The number of amides is 2. The summed E-state index contributed by atoms with van der Waals surface area (Å²) in [5.41, 5.74) is 1.19. The molecule has 1 aromatic heterocycles. The molecule has 0 spiro atoms. The predicted octanol–water partition coefficient (Wildman–Crippen LogP) is 3.54.